The van der Waals surface area contributed by atoms with Crippen LogP contribution in [0.5, 0.6) is 0 Å². The lowest BCUT2D eigenvalue weighted by atomic mass is 10.1. The van der Waals surface area contributed by atoms with Crippen LogP contribution in [-0.2, 0) is 4.79 Å². The molecule has 2 unspecified atom stereocenters. The lowest BCUT2D eigenvalue weighted by Crippen LogP contribution is -2.35. The zero-order valence-electron chi connectivity index (χ0n) is 8.42. The van der Waals surface area contributed by atoms with E-state index in [9.17, 15) is 4.79 Å². The van der Waals surface area contributed by atoms with E-state index in [4.69, 9.17) is 5.26 Å². The van der Waals surface area contributed by atoms with Gasteiger partial charge in [0.25, 0.3) is 0 Å². The van der Waals surface area contributed by atoms with E-state index < -0.39 is 0 Å². The smallest absolute Gasteiger partial charge is 0.224 e. The van der Waals surface area contributed by atoms with Gasteiger partial charge < -0.3 is 5.32 Å². The average Bonchev–Trinajstić information content (AvgIpc) is 2.70. The standard InChI is InChI=1S/C10H16N2O/c1-4-7(6-11)12-9(13)8-5-10(8,2)3/h7-8H,4-5H2,1-3H3,(H,12,13). The van der Waals surface area contributed by atoms with Gasteiger partial charge in [-0.25, -0.2) is 0 Å². The lowest BCUT2D eigenvalue weighted by molar-refractivity contribution is -0.123. The summed E-state index contributed by atoms with van der Waals surface area (Å²) in [5, 5.41) is 11.4. The van der Waals surface area contributed by atoms with Crippen molar-refractivity contribution in [3.8, 4) is 6.07 Å². The molecule has 13 heavy (non-hydrogen) atoms. The highest BCUT2D eigenvalue weighted by Gasteiger charge is 2.50. The Hall–Kier alpha value is -1.04. The number of hydrogen-bond acceptors (Lipinski definition) is 2. The van der Waals surface area contributed by atoms with E-state index >= 15 is 0 Å². The molecule has 0 saturated heterocycles. The molecular weight excluding hydrogens is 164 g/mol. The van der Waals surface area contributed by atoms with Crippen LogP contribution in [0.3, 0.4) is 0 Å². The Kier molecular flexibility index (Phi) is 2.60. The van der Waals surface area contributed by atoms with Crippen molar-refractivity contribution in [2.45, 2.75) is 39.7 Å². The molecule has 0 aliphatic heterocycles. The number of carbonyl (C=O) groups excluding carboxylic acids is 1. The molecule has 1 saturated carbocycles. The van der Waals surface area contributed by atoms with Crippen LogP contribution >= 0.6 is 0 Å². The normalized spacial score (nSPS) is 25.8. The number of hydrogen-bond donors (Lipinski definition) is 1. The molecule has 0 radical (unpaired) electrons. The van der Waals surface area contributed by atoms with E-state index in [0.717, 1.165) is 6.42 Å². The third-order valence-corrected chi connectivity index (χ3v) is 2.71. The highest BCUT2D eigenvalue weighted by molar-refractivity contribution is 5.82. The second kappa shape index (κ2) is 3.37. The molecule has 0 spiro atoms. The number of carbonyl (C=O) groups is 1. The van der Waals surface area contributed by atoms with Crippen molar-refractivity contribution >= 4 is 5.91 Å². The molecule has 0 heterocycles. The predicted molar refractivity (Wildman–Crippen MR) is 49.7 cm³/mol. The molecule has 1 aliphatic rings. The zero-order chi connectivity index (χ0) is 10.1. The van der Waals surface area contributed by atoms with Gasteiger partial charge in [-0.05, 0) is 18.3 Å². The SMILES string of the molecule is CCC(C#N)NC(=O)C1CC1(C)C. The van der Waals surface area contributed by atoms with Crippen molar-refractivity contribution in [2.24, 2.45) is 11.3 Å². The first-order valence-electron chi connectivity index (χ1n) is 4.71. The van der Waals surface area contributed by atoms with E-state index in [1.54, 1.807) is 0 Å². The van der Waals surface area contributed by atoms with Gasteiger partial charge in [-0.2, -0.15) is 5.26 Å². The molecule has 0 aromatic carbocycles. The van der Waals surface area contributed by atoms with Gasteiger partial charge in [0.1, 0.15) is 6.04 Å². The molecule has 1 fully saturated rings. The van der Waals surface area contributed by atoms with Gasteiger partial charge in [0.05, 0.1) is 6.07 Å². The maximum Gasteiger partial charge on any atom is 0.224 e. The van der Waals surface area contributed by atoms with Crippen molar-refractivity contribution < 1.29 is 4.79 Å². The third kappa shape index (κ3) is 2.21. The summed E-state index contributed by atoms with van der Waals surface area (Å²) in [5.74, 6) is 0.160. The molecule has 3 heteroatoms. The number of nitrogens with one attached hydrogen (secondary N) is 1. The monoisotopic (exact) mass is 180 g/mol. The fourth-order valence-electron chi connectivity index (χ4n) is 1.41. The number of nitriles is 1. The molecule has 1 amide bonds. The fourth-order valence-corrected chi connectivity index (χ4v) is 1.41. The van der Waals surface area contributed by atoms with Crippen LogP contribution in [0.25, 0.3) is 0 Å². The fraction of sp³-hybridized carbons (Fsp3) is 0.800. The molecule has 1 aliphatic carbocycles. The van der Waals surface area contributed by atoms with Crippen LogP contribution in [0.2, 0.25) is 0 Å². The molecule has 1 N–H and O–H groups in total. The quantitative estimate of drug-likeness (QED) is 0.714. The summed E-state index contributed by atoms with van der Waals surface area (Å²) >= 11 is 0. The molecule has 0 bridgehead atoms. The van der Waals surface area contributed by atoms with Gasteiger partial charge in [-0.15, -0.1) is 0 Å². The van der Waals surface area contributed by atoms with Gasteiger partial charge >= 0.3 is 0 Å². The van der Waals surface area contributed by atoms with E-state index in [-0.39, 0.29) is 23.3 Å². The molecule has 0 aromatic heterocycles. The number of amides is 1. The molecular formula is C10H16N2O. The molecule has 1 rings (SSSR count). The molecule has 2 atom stereocenters. The Balaban J connectivity index is 2.40. The Morgan fingerprint density at radius 3 is 2.62 bits per heavy atom. The van der Waals surface area contributed by atoms with Crippen molar-refractivity contribution in [2.75, 3.05) is 0 Å². The summed E-state index contributed by atoms with van der Waals surface area (Å²) in [6.07, 6.45) is 1.62. The number of rotatable bonds is 3. The Labute approximate surface area is 79.1 Å². The van der Waals surface area contributed by atoms with E-state index in [0.29, 0.717) is 6.42 Å². The van der Waals surface area contributed by atoms with Crippen LogP contribution in [0.1, 0.15) is 33.6 Å². The van der Waals surface area contributed by atoms with Crippen LogP contribution in [-0.4, -0.2) is 11.9 Å². The van der Waals surface area contributed by atoms with Gasteiger partial charge in [-0.1, -0.05) is 20.8 Å². The minimum atomic E-state index is -0.316. The second-order valence-corrected chi connectivity index (χ2v) is 4.34. The van der Waals surface area contributed by atoms with Crippen molar-refractivity contribution in [3.05, 3.63) is 0 Å². The minimum absolute atomic E-state index is 0.0402. The summed E-state index contributed by atoms with van der Waals surface area (Å²) in [5.41, 5.74) is 0.151. The predicted octanol–water partition coefficient (Wildman–Crippen LogP) is 1.45. The third-order valence-electron chi connectivity index (χ3n) is 2.71. The highest BCUT2D eigenvalue weighted by atomic mass is 16.2. The largest absolute Gasteiger partial charge is 0.340 e. The summed E-state index contributed by atoms with van der Waals surface area (Å²) in [6, 6.07) is 1.74. The Morgan fingerprint density at radius 2 is 2.31 bits per heavy atom. The van der Waals surface area contributed by atoms with Crippen LogP contribution in [0, 0.1) is 22.7 Å². The first-order valence-corrected chi connectivity index (χ1v) is 4.71. The summed E-state index contributed by atoms with van der Waals surface area (Å²) in [7, 11) is 0. The molecule has 0 aromatic rings. The lowest BCUT2D eigenvalue weighted by Gasteiger charge is -2.09. The van der Waals surface area contributed by atoms with Crippen LogP contribution < -0.4 is 5.32 Å². The second-order valence-electron chi connectivity index (χ2n) is 4.34. The highest BCUT2D eigenvalue weighted by Crippen LogP contribution is 2.51. The topological polar surface area (TPSA) is 52.9 Å². The number of nitrogens with zero attached hydrogens (tertiary/aromatic N) is 1. The maximum absolute atomic E-state index is 11.5. The first kappa shape index (κ1) is 10.0. The van der Waals surface area contributed by atoms with E-state index in [1.165, 1.54) is 0 Å². The Morgan fingerprint density at radius 1 is 1.77 bits per heavy atom. The van der Waals surface area contributed by atoms with E-state index in [1.807, 2.05) is 6.92 Å². The average molecular weight is 180 g/mol. The van der Waals surface area contributed by atoms with Gasteiger partial charge in [-0.3, -0.25) is 4.79 Å². The van der Waals surface area contributed by atoms with Crippen LogP contribution in [0.4, 0.5) is 0 Å². The molecule has 72 valence electrons. The summed E-state index contributed by atoms with van der Waals surface area (Å²) in [4.78, 5) is 11.5. The van der Waals surface area contributed by atoms with Gasteiger partial charge in [0.2, 0.25) is 5.91 Å². The van der Waals surface area contributed by atoms with Crippen molar-refractivity contribution in [1.82, 2.24) is 5.32 Å². The molecule has 3 nitrogen and oxygen atoms in total. The zero-order valence-corrected chi connectivity index (χ0v) is 8.42. The Bertz CT molecular complexity index is 252. The van der Waals surface area contributed by atoms with Crippen molar-refractivity contribution in [3.63, 3.8) is 0 Å². The van der Waals surface area contributed by atoms with Gasteiger partial charge in [0, 0.05) is 5.92 Å². The van der Waals surface area contributed by atoms with Crippen molar-refractivity contribution in [1.29, 1.82) is 5.26 Å². The maximum atomic E-state index is 11.5. The van der Waals surface area contributed by atoms with Crippen LogP contribution in [0.15, 0.2) is 0 Å². The van der Waals surface area contributed by atoms with Gasteiger partial charge in [0.15, 0.2) is 0 Å². The first-order chi connectivity index (χ1) is 6.01. The van der Waals surface area contributed by atoms with E-state index in [2.05, 4.69) is 25.2 Å². The minimum Gasteiger partial charge on any atom is -0.340 e. The summed E-state index contributed by atoms with van der Waals surface area (Å²) in [6.45, 7) is 6.04. The summed E-state index contributed by atoms with van der Waals surface area (Å²) < 4.78 is 0.